The number of nitrogens with one attached hydrogen (secondary N) is 1. The first-order valence-electron chi connectivity index (χ1n) is 6.77. The van der Waals surface area contributed by atoms with Gasteiger partial charge in [-0.3, -0.25) is 0 Å². The molecule has 2 nitrogen and oxygen atoms in total. The van der Waals surface area contributed by atoms with Crippen molar-refractivity contribution in [3.63, 3.8) is 0 Å². The molecule has 2 aromatic rings. The fourth-order valence-electron chi connectivity index (χ4n) is 2.02. The van der Waals surface area contributed by atoms with Gasteiger partial charge in [-0.1, -0.05) is 34.1 Å². The molecular formula is C16H14BrF2NO. The van der Waals surface area contributed by atoms with Crippen molar-refractivity contribution < 1.29 is 13.5 Å². The maximum atomic E-state index is 13.8. The summed E-state index contributed by atoms with van der Waals surface area (Å²) in [5.41, 5.74) is 0.921. The van der Waals surface area contributed by atoms with E-state index in [4.69, 9.17) is 4.74 Å². The highest BCUT2D eigenvalue weighted by molar-refractivity contribution is 9.10. The van der Waals surface area contributed by atoms with E-state index >= 15 is 0 Å². The lowest BCUT2D eigenvalue weighted by Crippen LogP contribution is -2.15. The van der Waals surface area contributed by atoms with E-state index in [0.717, 1.165) is 11.6 Å². The Morgan fingerprint density at radius 2 is 1.90 bits per heavy atom. The summed E-state index contributed by atoms with van der Waals surface area (Å²) in [7, 11) is 0. The number of rotatable bonds is 5. The number of para-hydroxylation sites is 1. The molecule has 0 saturated heterocycles. The van der Waals surface area contributed by atoms with Gasteiger partial charge in [0, 0.05) is 22.6 Å². The average Bonchev–Trinajstić information content (AvgIpc) is 3.27. The van der Waals surface area contributed by atoms with E-state index in [2.05, 4.69) is 21.2 Å². The zero-order valence-electron chi connectivity index (χ0n) is 11.2. The van der Waals surface area contributed by atoms with Crippen LogP contribution in [0.2, 0.25) is 0 Å². The SMILES string of the molecule is Fc1cc(Br)cc(Oc2ccccc2CNC2CC2)c1F. The van der Waals surface area contributed by atoms with Crippen LogP contribution in [-0.2, 0) is 6.54 Å². The van der Waals surface area contributed by atoms with Crippen LogP contribution in [0, 0.1) is 11.6 Å². The first kappa shape index (κ1) is 14.5. The van der Waals surface area contributed by atoms with E-state index in [1.165, 1.54) is 18.9 Å². The Morgan fingerprint density at radius 1 is 1.14 bits per heavy atom. The maximum absolute atomic E-state index is 13.8. The monoisotopic (exact) mass is 353 g/mol. The van der Waals surface area contributed by atoms with Crippen molar-refractivity contribution in [1.29, 1.82) is 0 Å². The van der Waals surface area contributed by atoms with Gasteiger partial charge in [0.25, 0.3) is 0 Å². The average molecular weight is 354 g/mol. The molecule has 0 aromatic heterocycles. The second-order valence-corrected chi connectivity index (χ2v) is 5.98. The van der Waals surface area contributed by atoms with Gasteiger partial charge in [-0.25, -0.2) is 4.39 Å². The number of hydrogen-bond acceptors (Lipinski definition) is 2. The van der Waals surface area contributed by atoms with Crippen molar-refractivity contribution in [2.75, 3.05) is 0 Å². The molecule has 3 rings (SSSR count). The van der Waals surface area contributed by atoms with Crippen LogP contribution < -0.4 is 10.1 Å². The van der Waals surface area contributed by atoms with Crippen LogP contribution in [0.3, 0.4) is 0 Å². The summed E-state index contributed by atoms with van der Waals surface area (Å²) in [6, 6.07) is 10.4. The molecule has 5 heteroatoms. The molecule has 1 saturated carbocycles. The Labute approximate surface area is 130 Å². The van der Waals surface area contributed by atoms with Gasteiger partial charge in [0.05, 0.1) is 0 Å². The summed E-state index contributed by atoms with van der Waals surface area (Å²) in [5.74, 6) is -1.51. The van der Waals surface area contributed by atoms with Crippen LogP contribution in [0.5, 0.6) is 11.5 Å². The summed E-state index contributed by atoms with van der Waals surface area (Å²) >= 11 is 3.14. The third-order valence-electron chi connectivity index (χ3n) is 3.31. The van der Waals surface area contributed by atoms with E-state index in [0.29, 0.717) is 22.8 Å². The number of halogens is 3. The molecule has 0 bridgehead atoms. The molecular weight excluding hydrogens is 340 g/mol. The highest BCUT2D eigenvalue weighted by atomic mass is 79.9. The molecule has 21 heavy (non-hydrogen) atoms. The molecule has 0 spiro atoms. The minimum absolute atomic E-state index is 0.124. The van der Waals surface area contributed by atoms with E-state index in [1.54, 1.807) is 6.07 Å². The molecule has 0 aliphatic heterocycles. The van der Waals surface area contributed by atoms with Gasteiger partial charge < -0.3 is 10.1 Å². The lowest BCUT2D eigenvalue weighted by Gasteiger charge is -2.12. The van der Waals surface area contributed by atoms with Gasteiger partial charge in [-0.2, -0.15) is 4.39 Å². The quantitative estimate of drug-likeness (QED) is 0.781. The Hall–Kier alpha value is -1.46. The van der Waals surface area contributed by atoms with Crippen molar-refractivity contribution in [3.8, 4) is 11.5 Å². The van der Waals surface area contributed by atoms with Crippen molar-refractivity contribution >= 4 is 15.9 Å². The zero-order chi connectivity index (χ0) is 14.8. The van der Waals surface area contributed by atoms with E-state index < -0.39 is 11.6 Å². The highest BCUT2D eigenvalue weighted by Gasteiger charge is 2.21. The lowest BCUT2D eigenvalue weighted by atomic mass is 10.2. The number of benzene rings is 2. The van der Waals surface area contributed by atoms with Crippen LogP contribution in [0.1, 0.15) is 18.4 Å². The third-order valence-corrected chi connectivity index (χ3v) is 3.77. The maximum Gasteiger partial charge on any atom is 0.201 e. The summed E-state index contributed by atoms with van der Waals surface area (Å²) < 4.78 is 33.2. The zero-order valence-corrected chi connectivity index (χ0v) is 12.8. The standard InChI is InChI=1S/C16H14BrF2NO/c17-11-7-13(18)16(19)15(8-11)21-14-4-2-1-3-10(14)9-20-12-5-6-12/h1-4,7-8,12,20H,5-6,9H2. The molecule has 1 fully saturated rings. The largest absolute Gasteiger partial charge is 0.454 e. The van der Waals surface area contributed by atoms with Crippen molar-refractivity contribution in [1.82, 2.24) is 5.32 Å². The highest BCUT2D eigenvalue weighted by Crippen LogP contribution is 2.31. The number of ether oxygens (including phenoxy) is 1. The Bertz CT molecular complexity index is 659. The third kappa shape index (κ3) is 3.60. The Kier molecular flexibility index (Phi) is 4.22. The van der Waals surface area contributed by atoms with Crippen LogP contribution >= 0.6 is 15.9 Å². The second kappa shape index (κ2) is 6.12. The summed E-state index contributed by atoms with van der Waals surface area (Å²) in [4.78, 5) is 0. The Balaban J connectivity index is 1.83. The molecule has 0 amide bonds. The molecule has 1 aliphatic carbocycles. The van der Waals surface area contributed by atoms with E-state index in [9.17, 15) is 8.78 Å². The van der Waals surface area contributed by atoms with Gasteiger partial charge in [-0.05, 0) is 31.0 Å². The first-order chi connectivity index (χ1) is 10.1. The van der Waals surface area contributed by atoms with Gasteiger partial charge >= 0.3 is 0 Å². The van der Waals surface area contributed by atoms with Gasteiger partial charge in [0.1, 0.15) is 5.75 Å². The fraction of sp³-hybridized carbons (Fsp3) is 0.250. The topological polar surface area (TPSA) is 21.3 Å². The molecule has 0 heterocycles. The molecule has 2 aromatic carbocycles. The first-order valence-corrected chi connectivity index (χ1v) is 7.56. The molecule has 1 aliphatic rings. The molecule has 1 N–H and O–H groups in total. The second-order valence-electron chi connectivity index (χ2n) is 5.06. The van der Waals surface area contributed by atoms with Crippen LogP contribution in [-0.4, -0.2) is 6.04 Å². The van der Waals surface area contributed by atoms with Crippen molar-refractivity contribution in [3.05, 3.63) is 58.1 Å². The van der Waals surface area contributed by atoms with Crippen LogP contribution in [0.25, 0.3) is 0 Å². The molecule has 0 unspecified atom stereocenters. The molecule has 0 radical (unpaired) electrons. The van der Waals surface area contributed by atoms with Gasteiger partial charge in [0.15, 0.2) is 11.6 Å². The summed E-state index contributed by atoms with van der Waals surface area (Å²) in [6.45, 7) is 0.652. The van der Waals surface area contributed by atoms with Gasteiger partial charge in [0.2, 0.25) is 5.82 Å². The minimum atomic E-state index is -0.983. The molecule has 110 valence electrons. The van der Waals surface area contributed by atoms with Crippen molar-refractivity contribution in [2.24, 2.45) is 0 Å². The van der Waals surface area contributed by atoms with E-state index in [-0.39, 0.29) is 5.75 Å². The summed E-state index contributed by atoms with van der Waals surface area (Å²) in [5, 5.41) is 3.38. The van der Waals surface area contributed by atoms with Gasteiger partial charge in [-0.15, -0.1) is 0 Å². The van der Waals surface area contributed by atoms with Crippen LogP contribution in [0.4, 0.5) is 8.78 Å². The minimum Gasteiger partial charge on any atom is -0.454 e. The van der Waals surface area contributed by atoms with E-state index in [1.807, 2.05) is 18.2 Å². The smallest absolute Gasteiger partial charge is 0.201 e. The summed E-state index contributed by atoms with van der Waals surface area (Å²) in [6.07, 6.45) is 2.38. The lowest BCUT2D eigenvalue weighted by molar-refractivity contribution is 0.411. The normalized spacial score (nSPS) is 14.2. The predicted molar refractivity (Wildman–Crippen MR) is 80.4 cm³/mol. The molecule has 0 atom stereocenters. The predicted octanol–water partition coefficient (Wildman–Crippen LogP) is 4.77. The Morgan fingerprint density at radius 3 is 2.67 bits per heavy atom. The number of hydrogen-bond donors (Lipinski definition) is 1. The fourth-order valence-corrected chi connectivity index (χ4v) is 2.43. The van der Waals surface area contributed by atoms with Crippen LogP contribution in [0.15, 0.2) is 40.9 Å². The van der Waals surface area contributed by atoms with Crippen molar-refractivity contribution in [2.45, 2.75) is 25.4 Å².